The van der Waals surface area contributed by atoms with E-state index in [-0.39, 0.29) is 17.2 Å². The van der Waals surface area contributed by atoms with Crippen molar-refractivity contribution in [2.45, 2.75) is 19.8 Å². The zero-order valence-electron chi connectivity index (χ0n) is 10.1. The number of halogens is 1. The first-order valence-electron chi connectivity index (χ1n) is 5.58. The van der Waals surface area contributed by atoms with Crippen LogP contribution in [0.1, 0.15) is 25.5 Å². The molecule has 94 valence electrons. The standard InChI is InChI=1S/C13H13IN2O2/c1-7(2)11-10(14)13(18)16-12(15-11)8-4-3-5-9(17)6-8/h3-7,17H,1-2H3,(H,15,16,18). The van der Waals surface area contributed by atoms with Gasteiger partial charge in [0.15, 0.2) is 0 Å². The quantitative estimate of drug-likeness (QED) is 0.814. The second-order valence-electron chi connectivity index (χ2n) is 4.32. The van der Waals surface area contributed by atoms with E-state index in [1.54, 1.807) is 24.3 Å². The molecular formula is C13H13IN2O2. The van der Waals surface area contributed by atoms with Gasteiger partial charge in [-0.05, 0) is 40.6 Å². The van der Waals surface area contributed by atoms with Gasteiger partial charge in [0.05, 0.1) is 9.26 Å². The summed E-state index contributed by atoms with van der Waals surface area (Å²) in [4.78, 5) is 19.1. The fourth-order valence-electron chi connectivity index (χ4n) is 1.65. The summed E-state index contributed by atoms with van der Waals surface area (Å²) in [6.07, 6.45) is 0. The average Bonchev–Trinajstić information content (AvgIpc) is 2.32. The lowest BCUT2D eigenvalue weighted by molar-refractivity contribution is 0.475. The van der Waals surface area contributed by atoms with Crippen LogP contribution in [-0.4, -0.2) is 15.1 Å². The molecule has 0 bridgehead atoms. The Kier molecular flexibility index (Phi) is 3.70. The number of H-pyrrole nitrogens is 1. The molecule has 2 N–H and O–H groups in total. The van der Waals surface area contributed by atoms with Gasteiger partial charge in [-0.15, -0.1) is 0 Å². The smallest absolute Gasteiger partial charge is 0.264 e. The highest BCUT2D eigenvalue weighted by Gasteiger charge is 2.13. The van der Waals surface area contributed by atoms with Crippen LogP contribution in [0.25, 0.3) is 11.4 Å². The van der Waals surface area contributed by atoms with E-state index in [0.717, 1.165) is 5.69 Å². The van der Waals surface area contributed by atoms with Crippen LogP contribution in [0, 0.1) is 3.57 Å². The maximum Gasteiger partial charge on any atom is 0.264 e. The van der Waals surface area contributed by atoms with Crippen LogP contribution in [0.3, 0.4) is 0 Å². The highest BCUT2D eigenvalue weighted by molar-refractivity contribution is 14.1. The summed E-state index contributed by atoms with van der Waals surface area (Å²) in [5, 5.41) is 9.46. The summed E-state index contributed by atoms with van der Waals surface area (Å²) in [6, 6.07) is 6.68. The van der Waals surface area contributed by atoms with E-state index in [9.17, 15) is 9.90 Å². The number of nitrogens with one attached hydrogen (secondary N) is 1. The molecule has 0 saturated heterocycles. The summed E-state index contributed by atoms with van der Waals surface area (Å²) in [5.74, 6) is 0.815. The Morgan fingerprint density at radius 3 is 2.72 bits per heavy atom. The lowest BCUT2D eigenvalue weighted by Gasteiger charge is -2.09. The zero-order valence-corrected chi connectivity index (χ0v) is 12.2. The Morgan fingerprint density at radius 2 is 2.11 bits per heavy atom. The number of phenols is 1. The molecule has 1 aromatic heterocycles. The maximum atomic E-state index is 11.9. The third-order valence-corrected chi connectivity index (χ3v) is 3.60. The van der Waals surface area contributed by atoms with Crippen molar-refractivity contribution in [2.75, 3.05) is 0 Å². The SMILES string of the molecule is CC(C)c1nc(-c2cccc(O)c2)[nH]c(=O)c1I. The highest BCUT2D eigenvalue weighted by atomic mass is 127. The third kappa shape index (κ3) is 2.55. The minimum Gasteiger partial charge on any atom is -0.508 e. The van der Waals surface area contributed by atoms with E-state index < -0.39 is 0 Å². The van der Waals surface area contributed by atoms with E-state index in [0.29, 0.717) is 15.0 Å². The molecule has 2 aromatic rings. The van der Waals surface area contributed by atoms with Crippen molar-refractivity contribution in [2.24, 2.45) is 0 Å². The van der Waals surface area contributed by atoms with Crippen LogP contribution in [0.4, 0.5) is 0 Å². The number of aromatic amines is 1. The van der Waals surface area contributed by atoms with E-state index >= 15 is 0 Å². The number of aromatic hydroxyl groups is 1. The van der Waals surface area contributed by atoms with Gasteiger partial charge in [-0.2, -0.15) is 0 Å². The second-order valence-corrected chi connectivity index (χ2v) is 5.40. The first-order valence-corrected chi connectivity index (χ1v) is 6.66. The third-order valence-electron chi connectivity index (χ3n) is 2.55. The Bertz CT molecular complexity index is 635. The zero-order chi connectivity index (χ0) is 13.3. The molecule has 5 heteroatoms. The van der Waals surface area contributed by atoms with Crippen molar-refractivity contribution in [3.05, 3.63) is 43.9 Å². The van der Waals surface area contributed by atoms with Gasteiger partial charge in [0.1, 0.15) is 11.6 Å². The Hall–Kier alpha value is -1.37. The number of hydrogen-bond acceptors (Lipinski definition) is 3. The Morgan fingerprint density at radius 1 is 1.39 bits per heavy atom. The predicted molar refractivity (Wildman–Crippen MR) is 78.8 cm³/mol. The molecule has 2 rings (SSSR count). The summed E-state index contributed by atoms with van der Waals surface area (Å²) >= 11 is 2.01. The van der Waals surface area contributed by atoms with Crippen molar-refractivity contribution in [1.82, 2.24) is 9.97 Å². The van der Waals surface area contributed by atoms with E-state index in [1.807, 2.05) is 36.4 Å². The first kappa shape index (κ1) is 13.1. The van der Waals surface area contributed by atoms with E-state index in [2.05, 4.69) is 9.97 Å². The minimum atomic E-state index is -0.146. The van der Waals surface area contributed by atoms with Gasteiger partial charge in [0.2, 0.25) is 0 Å². The Balaban J connectivity index is 2.63. The number of hydrogen-bond donors (Lipinski definition) is 2. The van der Waals surface area contributed by atoms with Crippen LogP contribution in [-0.2, 0) is 0 Å². The molecule has 0 radical (unpaired) electrons. The number of aromatic nitrogens is 2. The van der Waals surface area contributed by atoms with Gasteiger partial charge in [-0.1, -0.05) is 26.0 Å². The molecule has 4 nitrogen and oxygen atoms in total. The van der Waals surface area contributed by atoms with Crippen molar-refractivity contribution in [3.8, 4) is 17.1 Å². The predicted octanol–water partition coefficient (Wildman–Crippen LogP) is 2.87. The van der Waals surface area contributed by atoms with E-state index in [1.165, 1.54) is 0 Å². The van der Waals surface area contributed by atoms with Crippen molar-refractivity contribution < 1.29 is 5.11 Å². The van der Waals surface area contributed by atoms with Crippen molar-refractivity contribution in [3.63, 3.8) is 0 Å². The van der Waals surface area contributed by atoms with Crippen molar-refractivity contribution >= 4 is 22.6 Å². The van der Waals surface area contributed by atoms with Crippen LogP contribution >= 0.6 is 22.6 Å². The van der Waals surface area contributed by atoms with Gasteiger partial charge in [-0.25, -0.2) is 4.98 Å². The highest BCUT2D eigenvalue weighted by Crippen LogP contribution is 2.22. The molecule has 0 aliphatic carbocycles. The maximum absolute atomic E-state index is 11.9. The molecule has 1 heterocycles. The lowest BCUT2D eigenvalue weighted by atomic mass is 10.1. The lowest BCUT2D eigenvalue weighted by Crippen LogP contribution is -2.17. The monoisotopic (exact) mass is 356 g/mol. The molecule has 1 aromatic carbocycles. The van der Waals surface area contributed by atoms with Gasteiger partial charge in [0, 0.05) is 5.56 Å². The number of nitrogens with zero attached hydrogens (tertiary/aromatic N) is 1. The topological polar surface area (TPSA) is 66.0 Å². The fourth-order valence-corrected chi connectivity index (χ4v) is 2.53. The number of benzene rings is 1. The normalized spacial score (nSPS) is 10.9. The van der Waals surface area contributed by atoms with Gasteiger partial charge in [0.25, 0.3) is 5.56 Å². The molecule has 0 unspecified atom stereocenters. The van der Waals surface area contributed by atoms with Crippen LogP contribution in [0.2, 0.25) is 0 Å². The van der Waals surface area contributed by atoms with Crippen LogP contribution in [0.15, 0.2) is 29.1 Å². The second kappa shape index (κ2) is 5.09. The van der Waals surface area contributed by atoms with Crippen molar-refractivity contribution in [1.29, 1.82) is 0 Å². The molecule has 0 fully saturated rings. The summed E-state index contributed by atoms with van der Waals surface area (Å²) in [5.41, 5.74) is 1.33. The van der Waals surface area contributed by atoms with Crippen LogP contribution < -0.4 is 5.56 Å². The molecule has 0 atom stereocenters. The van der Waals surface area contributed by atoms with Crippen LogP contribution in [0.5, 0.6) is 5.75 Å². The summed E-state index contributed by atoms with van der Waals surface area (Å²) < 4.78 is 0.617. The van der Waals surface area contributed by atoms with Gasteiger partial charge < -0.3 is 10.1 Å². The van der Waals surface area contributed by atoms with Gasteiger partial charge in [-0.3, -0.25) is 4.79 Å². The average molecular weight is 356 g/mol. The minimum absolute atomic E-state index is 0.146. The molecule has 0 spiro atoms. The summed E-state index contributed by atoms with van der Waals surface area (Å²) in [6.45, 7) is 3.99. The number of rotatable bonds is 2. The Labute approximate surface area is 118 Å². The molecule has 18 heavy (non-hydrogen) atoms. The van der Waals surface area contributed by atoms with E-state index in [4.69, 9.17) is 0 Å². The molecule has 0 amide bonds. The van der Waals surface area contributed by atoms with Gasteiger partial charge >= 0.3 is 0 Å². The molecule has 0 aliphatic heterocycles. The first-order chi connectivity index (χ1) is 8.49. The largest absolute Gasteiger partial charge is 0.508 e. The number of phenolic OH excluding ortho intramolecular Hbond substituents is 1. The fraction of sp³-hybridized carbons (Fsp3) is 0.231. The molecule has 0 aliphatic rings. The molecule has 0 saturated carbocycles. The molecular weight excluding hydrogens is 343 g/mol. The summed E-state index contributed by atoms with van der Waals surface area (Å²) in [7, 11) is 0.